The summed E-state index contributed by atoms with van der Waals surface area (Å²) in [5, 5.41) is 9.13. The summed E-state index contributed by atoms with van der Waals surface area (Å²) in [6.45, 7) is 0. The molecule has 0 aliphatic heterocycles. The van der Waals surface area contributed by atoms with Crippen LogP contribution in [0.3, 0.4) is 0 Å². The zero-order valence-electron chi connectivity index (χ0n) is 17.5. The first-order chi connectivity index (χ1) is 14.7. The SMILES string of the molecule is NOC(CCCC=C(C1CCCCC1)C(Cc1ccccc1)n1ccnc1)C(=O)O. The molecule has 0 amide bonds. The highest BCUT2D eigenvalue weighted by atomic mass is 16.6. The Kier molecular flexibility index (Phi) is 8.66. The fourth-order valence-electron chi connectivity index (χ4n) is 4.52. The highest BCUT2D eigenvalue weighted by Gasteiger charge is 2.26. The number of allylic oxidation sites excluding steroid dienone is 2. The first kappa shape index (κ1) is 22.2. The number of carboxylic acids is 1. The van der Waals surface area contributed by atoms with Crippen molar-refractivity contribution >= 4 is 5.97 Å². The van der Waals surface area contributed by atoms with Crippen molar-refractivity contribution in [1.29, 1.82) is 0 Å². The summed E-state index contributed by atoms with van der Waals surface area (Å²) in [5.74, 6) is 4.68. The molecule has 30 heavy (non-hydrogen) atoms. The molecule has 1 aliphatic carbocycles. The van der Waals surface area contributed by atoms with Crippen LogP contribution in [0.4, 0.5) is 0 Å². The summed E-state index contributed by atoms with van der Waals surface area (Å²) in [6.07, 6.45) is 16.4. The van der Waals surface area contributed by atoms with Crippen LogP contribution in [0.15, 0.2) is 60.7 Å². The highest BCUT2D eigenvalue weighted by molar-refractivity contribution is 5.72. The second kappa shape index (κ2) is 11.7. The Labute approximate surface area is 178 Å². The molecule has 3 rings (SSSR count). The second-order valence-corrected chi connectivity index (χ2v) is 8.15. The number of rotatable bonds is 11. The molecule has 1 saturated carbocycles. The maximum Gasteiger partial charge on any atom is 0.334 e. The van der Waals surface area contributed by atoms with E-state index in [1.165, 1.54) is 43.2 Å². The van der Waals surface area contributed by atoms with Gasteiger partial charge in [-0.05, 0) is 55.6 Å². The van der Waals surface area contributed by atoms with Crippen LogP contribution < -0.4 is 5.90 Å². The Morgan fingerprint density at radius 1 is 1.27 bits per heavy atom. The van der Waals surface area contributed by atoms with Crippen LogP contribution in [0, 0.1) is 5.92 Å². The molecular weight excluding hydrogens is 378 g/mol. The van der Waals surface area contributed by atoms with Gasteiger partial charge >= 0.3 is 5.97 Å². The van der Waals surface area contributed by atoms with Gasteiger partial charge in [0.1, 0.15) is 0 Å². The molecule has 0 radical (unpaired) electrons. The smallest absolute Gasteiger partial charge is 0.334 e. The molecule has 1 aliphatic rings. The minimum atomic E-state index is -1.01. The molecule has 1 aromatic carbocycles. The van der Waals surface area contributed by atoms with Gasteiger partial charge in [-0.2, -0.15) is 0 Å². The summed E-state index contributed by atoms with van der Waals surface area (Å²) < 4.78 is 2.22. The van der Waals surface area contributed by atoms with Crippen LogP contribution in [0.2, 0.25) is 0 Å². The molecule has 2 atom stereocenters. The molecule has 0 bridgehead atoms. The number of aliphatic carboxylic acids is 1. The Morgan fingerprint density at radius 2 is 2.03 bits per heavy atom. The van der Waals surface area contributed by atoms with Gasteiger partial charge in [0.2, 0.25) is 0 Å². The van der Waals surface area contributed by atoms with Crippen molar-refractivity contribution in [3.63, 3.8) is 0 Å². The van der Waals surface area contributed by atoms with E-state index in [2.05, 4.69) is 44.7 Å². The number of carboxylic acid groups (broad SMARTS) is 1. The first-order valence-corrected chi connectivity index (χ1v) is 11.0. The van der Waals surface area contributed by atoms with Gasteiger partial charge < -0.3 is 9.67 Å². The lowest BCUT2D eigenvalue weighted by Gasteiger charge is -2.31. The molecule has 162 valence electrons. The van der Waals surface area contributed by atoms with Gasteiger partial charge in [0, 0.05) is 12.4 Å². The van der Waals surface area contributed by atoms with Crippen molar-refractivity contribution < 1.29 is 14.7 Å². The monoisotopic (exact) mass is 411 g/mol. The molecule has 6 nitrogen and oxygen atoms in total. The summed E-state index contributed by atoms with van der Waals surface area (Å²) in [4.78, 5) is 20.0. The van der Waals surface area contributed by atoms with E-state index in [0.717, 1.165) is 19.3 Å². The zero-order chi connectivity index (χ0) is 21.2. The topological polar surface area (TPSA) is 90.4 Å². The molecule has 6 heteroatoms. The van der Waals surface area contributed by atoms with Gasteiger partial charge in [-0.1, -0.05) is 55.7 Å². The van der Waals surface area contributed by atoms with Crippen LogP contribution in [-0.2, 0) is 16.1 Å². The average molecular weight is 412 g/mol. The third-order valence-corrected chi connectivity index (χ3v) is 6.11. The maximum atomic E-state index is 11.1. The molecular formula is C24H33N3O3. The number of carbonyl (C=O) groups is 1. The standard InChI is InChI=1S/C24H33N3O3/c25-30-23(24(28)29)14-8-7-13-21(20-11-5-2-6-12-20)22(27-16-15-26-18-27)17-19-9-3-1-4-10-19/h1,3-4,9-10,13,15-16,18,20,22-23H,2,5-8,11-12,14,17,25H2,(H,28,29). The summed E-state index contributed by atoms with van der Waals surface area (Å²) in [5.41, 5.74) is 2.76. The highest BCUT2D eigenvalue weighted by Crippen LogP contribution is 2.37. The van der Waals surface area contributed by atoms with Crippen LogP contribution in [0.1, 0.15) is 63.0 Å². The predicted octanol–water partition coefficient (Wildman–Crippen LogP) is 4.69. The van der Waals surface area contributed by atoms with Gasteiger partial charge in [-0.3, -0.25) is 4.84 Å². The van der Waals surface area contributed by atoms with Crippen LogP contribution in [0.25, 0.3) is 0 Å². The lowest BCUT2D eigenvalue weighted by Crippen LogP contribution is -2.26. The van der Waals surface area contributed by atoms with Crippen LogP contribution >= 0.6 is 0 Å². The van der Waals surface area contributed by atoms with Gasteiger partial charge in [-0.25, -0.2) is 15.7 Å². The van der Waals surface area contributed by atoms with Gasteiger partial charge in [0.15, 0.2) is 6.10 Å². The van der Waals surface area contributed by atoms with E-state index < -0.39 is 12.1 Å². The first-order valence-electron chi connectivity index (χ1n) is 11.0. The number of imidazole rings is 1. The van der Waals surface area contributed by atoms with E-state index in [1.54, 1.807) is 0 Å². The Hall–Kier alpha value is -2.44. The van der Waals surface area contributed by atoms with E-state index in [9.17, 15) is 4.79 Å². The molecule has 1 heterocycles. The maximum absolute atomic E-state index is 11.1. The molecule has 0 saturated heterocycles. The third-order valence-electron chi connectivity index (χ3n) is 6.11. The third kappa shape index (κ3) is 6.28. The average Bonchev–Trinajstić information content (AvgIpc) is 3.31. The van der Waals surface area contributed by atoms with Crippen molar-refractivity contribution in [2.45, 2.75) is 69.9 Å². The van der Waals surface area contributed by atoms with E-state index in [-0.39, 0.29) is 6.04 Å². The second-order valence-electron chi connectivity index (χ2n) is 8.15. The molecule has 0 spiro atoms. The number of hydrogen-bond acceptors (Lipinski definition) is 4. The van der Waals surface area contributed by atoms with E-state index in [4.69, 9.17) is 11.0 Å². The lowest BCUT2D eigenvalue weighted by molar-refractivity contribution is -0.151. The van der Waals surface area contributed by atoms with Gasteiger partial charge in [0.05, 0.1) is 12.4 Å². The molecule has 1 aromatic heterocycles. The molecule has 2 aromatic rings. The summed E-state index contributed by atoms with van der Waals surface area (Å²) in [7, 11) is 0. The molecule has 3 N–H and O–H groups in total. The van der Waals surface area contributed by atoms with E-state index in [0.29, 0.717) is 12.3 Å². The van der Waals surface area contributed by atoms with E-state index >= 15 is 0 Å². The largest absolute Gasteiger partial charge is 0.479 e. The number of nitrogens with zero attached hydrogens (tertiary/aromatic N) is 2. The van der Waals surface area contributed by atoms with Crippen molar-refractivity contribution in [1.82, 2.24) is 9.55 Å². The summed E-state index contributed by atoms with van der Waals surface area (Å²) >= 11 is 0. The lowest BCUT2D eigenvalue weighted by atomic mass is 9.79. The minimum Gasteiger partial charge on any atom is -0.479 e. The number of unbranched alkanes of at least 4 members (excludes halogenated alkanes) is 1. The predicted molar refractivity (Wildman–Crippen MR) is 117 cm³/mol. The minimum absolute atomic E-state index is 0.221. The molecule has 2 unspecified atom stereocenters. The number of benzene rings is 1. The number of nitrogens with two attached hydrogens (primary N) is 1. The van der Waals surface area contributed by atoms with Crippen molar-refractivity contribution in [3.05, 3.63) is 66.3 Å². The fourth-order valence-corrected chi connectivity index (χ4v) is 4.52. The van der Waals surface area contributed by atoms with Gasteiger partial charge in [-0.15, -0.1) is 0 Å². The normalized spacial score (nSPS) is 17.6. The quantitative estimate of drug-likeness (QED) is 0.318. The number of hydrogen-bond donors (Lipinski definition) is 2. The van der Waals surface area contributed by atoms with Crippen molar-refractivity contribution in [2.75, 3.05) is 0 Å². The Bertz CT molecular complexity index is 783. The zero-order valence-corrected chi connectivity index (χ0v) is 17.5. The fraction of sp³-hybridized carbons (Fsp3) is 0.500. The van der Waals surface area contributed by atoms with Crippen molar-refractivity contribution in [3.8, 4) is 0 Å². The van der Waals surface area contributed by atoms with Crippen LogP contribution in [-0.4, -0.2) is 26.7 Å². The van der Waals surface area contributed by atoms with Gasteiger partial charge in [0.25, 0.3) is 0 Å². The molecule has 1 fully saturated rings. The van der Waals surface area contributed by atoms with E-state index in [1.807, 2.05) is 24.8 Å². The number of aromatic nitrogens is 2. The van der Waals surface area contributed by atoms with Crippen LogP contribution in [0.5, 0.6) is 0 Å². The summed E-state index contributed by atoms with van der Waals surface area (Å²) in [6, 6.07) is 10.8. The van der Waals surface area contributed by atoms with Crippen molar-refractivity contribution in [2.24, 2.45) is 11.8 Å². The Balaban J connectivity index is 1.81. The Morgan fingerprint density at radius 3 is 2.67 bits per heavy atom.